The summed E-state index contributed by atoms with van der Waals surface area (Å²) in [4.78, 5) is 23.5. The highest BCUT2D eigenvalue weighted by molar-refractivity contribution is 5.81. The molecule has 1 rings (SSSR count). The zero-order valence-corrected chi connectivity index (χ0v) is 12.3. The highest BCUT2D eigenvalue weighted by Gasteiger charge is 2.27. The maximum absolute atomic E-state index is 12.0. The molecule has 0 aromatic heterocycles. The summed E-state index contributed by atoms with van der Waals surface area (Å²) < 4.78 is 0. The van der Waals surface area contributed by atoms with Gasteiger partial charge >= 0.3 is 0 Å². The van der Waals surface area contributed by atoms with Crippen LogP contribution in [0.15, 0.2) is 0 Å². The average Bonchev–Trinajstić information content (AvgIpc) is 2.36. The van der Waals surface area contributed by atoms with Crippen LogP contribution in [0.3, 0.4) is 0 Å². The van der Waals surface area contributed by atoms with Gasteiger partial charge in [0.15, 0.2) is 0 Å². The Balaban J connectivity index is 2.17. The number of rotatable bonds is 6. The Labute approximate surface area is 115 Å². The Hall–Kier alpha value is -1.10. The van der Waals surface area contributed by atoms with Crippen molar-refractivity contribution in [2.45, 2.75) is 46.1 Å². The zero-order valence-electron chi connectivity index (χ0n) is 12.3. The number of carbonyl (C=O) groups is 2. The van der Waals surface area contributed by atoms with Crippen LogP contribution in [0.2, 0.25) is 0 Å². The normalized spacial score (nSPS) is 23.2. The fraction of sp³-hybridized carbons (Fsp3) is 0.857. The third kappa shape index (κ3) is 6.05. The van der Waals surface area contributed by atoms with E-state index in [1.165, 1.54) is 0 Å². The van der Waals surface area contributed by atoms with Gasteiger partial charge in [0.05, 0.1) is 5.92 Å². The van der Waals surface area contributed by atoms with Crippen molar-refractivity contribution in [3.63, 3.8) is 0 Å². The predicted molar refractivity (Wildman–Crippen MR) is 75.7 cm³/mol. The van der Waals surface area contributed by atoms with Crippen LogP contribution in [0.4, 0.5) is 0 Å². The summed E-state index contributed by atoms with van der Waals surface area (Å²) in [7, 11) is 0. The van der Waals surface area contributed by atoms with Gasteiger partial charge in [0.25, 0.3) is 0 Å². The summed E-state index contributed by atoms with van der Waals surface area (Å²) in [6, 6.07) is 0.225. The Morgan fingerprint density at radius 3 is 2.68 bits per heavy atom. The molecule has 3 N–H and O–H groups in total. The lowest BCUT2D eigenvalue weighted by Gasteiger charge is -2.28. The maximum Gasteiger partial charge on any atom is 0.224 e. The van der Waals surface area contributed by atoms with E-state index in [2.05, 4.69) is 29.8 Å². The molecule has 0 radical (unpaired) electrons. The molecule has 1 fully saturated rings. The zero-order chi connectivity index (χ0) is 14.3. The topological polar surface area (TPSA) is 70.2 Å². The standard InChI is InChI=1S/C14H27N3O2/c1-10(2)9-17-13(18)6-8-16-14(19)12-5-4-7-15-11(12)3/h10-12,15H,4-9H2,1-3H3,(H,16,19)(H,17,18). The van der Waals surface area contributed by atoms with E-state index in [9.17, 15) is 9.59 Å². The van der Waals surface area contributed by atoms with Crippen molar-refractivity contribution in [3.8, 4) is 0 Å². The fourth-order valence-corrected chi connectivity index (χ4v) is 2.24. The summed E-state index contributed by atoms with van der Waals surface area (Å²) >= 11 is 0. The van der Waals surface area contributed by atoms with E-state index in [1.54, 1.807) is 0 Å². The SMILES string of the molecule is CC(C)CNC(=O)CCNC(=O)C1CCCNC1C. The minimum absolute atomic E-state index is 0.00353. The molecule has 110 valence electrons. The Bertz CT molecular complexity index is 305. The first-order valence-corrected chi connectivity index (χ1v) is 7.28. The Kier molecular flexibility index (Phi) is 6.84. The molecule has 5 heteroatoms. The van der Waals surface area contributed by atoms with Gasteiger partial charge in [-0.15, -0.1) is 0 Å². The highest BCUT2D eigenvalue weighted by atomic mass is 16.2. The molecule has 2 atom stereocenters. The lowest BCUT2D eigenvalue weighted by Crippen LogP contribution is -2.47. The number of carbonyl (C=O) groups excluding carboxylic acids is 2. The first kappa shape index (κ1) is 16.0. The van der Waals surface area contributed by atoms with Crippen LogP contribution in [0.25, 0.3) is 0 Å². The van der Waals surface area contributed by atoms with Gasteiger partial charge in [0.2, 0.25) is 11.8 Å². The smallest absolute Gasteiger partial charge is 0.224 e. The second-order valence-corrected chi connectivity index (χ2v) is 5.73. The van der Waals surface area contributed by atoms with E-state index in [-0.39, 0.29) is 23.8 Å². The van der Waals surface area contributed by atoms with Crippen molar-refractivity contribution in [3.05, 3.63) is 0 Å². The molecule has 0 bridgehead atoms. The van der Waals surface area contributed by atoms with Crippen molar-refractivity contribution in [1.82, 2.24) is 16.0 Å². The van der Waals surface area contributed by atoms with E-state index >= 15 is 0 Å². The Morgan fingerprint density at radius 1 is 1.32 bits per heavy atom. The molecule has 0 saturated carbocycles. The van der Waals surface area contributed by atoms with E-state index in [1.807, 2.05) is 6.92 Å². The first-order valence-electron chi connectivity index (χ1n) is 7.28. The molecule has 1 saturated heterocycles. The fourth-order valence-electron chi connectivity index (χ4n) is 2.24. The van der Waals surface area contributed by atoms with Crippen LogP contribution in [0.1, 0.15) is 40.0 Å². The van der Waals surface area contributed by atoms with E-state index in [0.29, 0.717) is 25.4 Å². The summed E-state index contributed by atoms with van der Waals surface area (Å²) in [5, 5.41) is 9.01. The van der Waals surface area contributed by atoms with Gasteiger partial charge in [-0.3, -0.25) is 9.59 Å². The van der Waals surface area contributed by atoms with Gasteiger partial charge in [0.1, 0.15) is 0 Å². The Morgan fingerprint density at radius 2 is 2.05 bits per heavy atom. The van der Waals surface area contributed by atoms with Crippen LogP contribution >= 0.6 is 0 Å². The van der Waals surface area contributed by atoms with E-state index in [4.69, 9.17) is 0 Å². The van der Waals surface area contributed by atoms with Crippen LogP contribution < -0.4 is 16.0 Å². The number of hydrogen-bond donors (Lipinski definition) is 3. The van der Waals surface area contributed by atoms with Crippen LogP contribution in [-0.2, 0) is 9.59 Å². The molecule has 2 amide bonds. The van der Waals surface area contributed by atoms with Crippen LogP contribution in [-0.4, -0.2) is 37.5 Å². The van der Waals surface area contributed by atoms with Gasteiger partial charge in [0, 0.05) is 25.6 Å². The predicted octanol–water partition coefficient (Wildman–Crippen LogP) is 0.653. The summed E-state index contributed by atoms with van der Waals surface area (Å²) in [5.41, 5.74) is 0. The van der Waals surface area contributed by atoms with Crippen molar-refractivity contribution in [2.24, 2.45) is 11.8 Å². The molecule has 0 aromatic rings. The minimum atomic E-state index is 0.00353. The van der Waals surface area contributed by atoms with Crippen molar-refractivity contribution < 1.29 is 9.59 Å². The molecule has 19 heavy (non-hydrogen) atoms. The molecular formula is C14H27N3O2. The number of nitrogens with one attached hydrogen (secondary N) is 3. The van der Waals surface area contributed by atoms with Gasteiger partial charge in [-0.1, -0.05) is 13.8 Å². The highest BCUT2D eigenvalue weighted by Crippen LogP contribution is 2.15. The summed E-state index contributed by atoms with van der Waals surface area (Å²) in [5.74, 6) is 0.556. The molecule has 1 heterocycles. The van der Waals surface area contributed by atoms with Gasteiger partial charge in [-0.2, -0.15) is 0 Å². The lowest BCUT2D eigenvalue weighted by molar-refractivity contribution is -0.126. The third-order valence-electron chi connectivity index (χ3n) is 3.46. The molecule has 5 nitrogen and oxygen atoms in total. The number of piperidine rings is 1. The third-order valence-corrected chi connectivity index (χ3v) is 3.46. The summed E-state index contributed by atoms with van der Waals surface area (Å²) in [6.07, 6.45) is 2.32. The molecule has 1 aliphatic rings. The van der Waals surface area contributed by atoms with Crippen molar-refractivity contribution in [2.75, 3.05) is 19.6 Å². The quantitative estimate of drug-likeness (QED) is 0.663. The second kappa shape index (κ2) is 8.15. The largest absolute Gasteiger partial charge is 0.356 e. The molecule has 1 aliphatic heterocycles. The first-order chi connectivity index (χ1) is 9.00. The van der Waals surface area contributed by atoms with E-state index in [0.717, 1.165) is 19.4 Å². The second-order valence-electron chi connectivity index (χ2n) is 5.73. The molecule has 0 aliphatic carbocycles. The monoisotopic (exact) mass is 269 g/mol. The van der Waals surface area contributed by atoms with Crippen molar-refractivity contribution >= 4 is 11.8 Å². The maximum atomic E-state index is 12.0. The van der Waals surface area contributed by atoms with Gasteiger partial charge in [-0.05, 0) is 32.2 Å². The summed E-state index contributed by atoms with van der Waals surface area (Å²) in [6.45, 7) is 8.25. The number of amides is 2. The van der Waals surface area contributed by atoms with Crippen LogP contribution in [0, 0.1) is 11.8 Å². The molecule has 2 unspecified atom stereocenters. The molecule has 0 aromatic carbocycles. The van der Waals surface area contributed by atoms with Crippen molar-refractivity contribution in [1.29, 1.82) is 0 Å². The van der Waals surface area contributed by atoms with Crippen LogP contribution in [0.5, 0.6) is 0 Å². The minimum Gasteiger partial charge on any atom is -0.356 e. The number of hydrogen-bond acceptors (Lipinski definition) is 3. The average molecular weight is 269 g/mol. The lowest BCUT2D eigenvalue weighted by atomic mass is 9.91. The van der Waals surface area contributed by atoms with Gasteiger partial charge in [-0.25, -0.2) is 0 Å². The van der Waals surface area contributed by atoms with Gasteiger partial charge < -0.3 is 16.0 Å². The van der Waals surface area contributed by atoms with E-state index < -0.39 is 0 Å². The molecular weight excluding hydrogens is 242 g/mol. The molecule has 0 spiro atoms.